The largest absolute Gasteiger partial charge is 0.493 e. The monoisotopic (exact) mass is 310 g/mol. The minimum absolute atomic E-state index is 0.375. The van der Waals surface area contributed by atoms with E-state index < -0.39 is 0 Å². The van der Waals surface area contributed by atoms with E-state index in [0.717, 1.165) is 16.6 Å². The number of methoxy groups -OCH3 is 3. The fourth-order valence-corrected chi connectivity index (χ4v) is 3.26. The number of hydrogen-bond acceptors (Lipinski definition) is 6. The van der Waals surface area contributed by atoms with Crippen LogP contribution in [0.5, 0.6) is 17.2 Å². The second kappa shape index (κ2) is 6.93. The molecule has 0 saturated carbocycles. The fourth-order valence-electron chi connectivity index (χ4n) is 2.08. The summed E-state index contributed by atoms with van der Waals surface area (Å²) in [6.45, 7) is 4.38. The van der Waals surface area contributed by atoms with Crippen LogP contribution in [0.15, 0.2) is 17.1 Å². The van der Waals surface area contributed by atoms with Crippen molar-refractivity contribution in [3.05, 3.63) is 12.1 Å². The Morgan fingerprint density at radius 1 is 1.14 bits per heavy atom. The van der Waals surface area contributed by atoms with Crippen molar-refractivity contribution in [1.29, 1.82) is 0 Å². The average Bonchev–Trinajstić information content (AvgIpc) is 2.94. The predicted octanol–water partition coefficient (Wildman–Crippen LogP) is 3.25. The first kappa shape index (κ1) is 15.8. The van der Waals surface area contributed by atoms with Gasteiger partial charge >= 0.3 is 0 Å². The van der Waals surface area contributed by atoms with Gasteiger partial charge in [0.2, 0.25) is 5.75 Å². The molecule has 0 fully saturated rings. The molecule has 0 amide bonds. The molecule has 21 heavy (non-hydrogen) atoms. The number of thioether (sulfide) groups is 1. The smallest absolute Gasteiger partial charge is 0.203 e. The van der Waals surface area contributed by atoms with Crippen molar-refractivity contribution >= 4 is 22.6 Å². The SMILES string of the molecule is COc1cc(NC2=NC(C(C)C)CS2)cc(OC)c1OC. The van der Waals surface area contributed by atoms with Crippen LogP contribution in [0.1, 0.15) is 13.8 Å². The van der Waals surface area contributed by atoms with Crippen LogP contribution in [-0.2, 0) is 0 Å². The zero-order chi connectivity index (χ0) is 15.4. The number of nitrogens with one attached hydrogen (secondary N) is 1. The van der Waals surface area contributed by atoms with E-state index >= 15 is 0 Å². The summed E-state index contributed by atoms with van der Waals surface area (Å²) < 4.78 is 16.0. The minimum Gasteiger partial charge on any atom is -0.493 e. The highest BCUT2D eigenvalue weighted by Crippen LogP contribution is 2.40. The standard InChI is InChI=1S/C15H22N2O3S/c1-9(2)11-8-21-15(17-11)16-10-6-12(18-3)14(20-5)13(7-10)19-4/h6-7,9,11H,8H2,1-5H3,(H,16,17). The van der Waals surface area contributed by atoms with Gasteiger partial charge in [-0.15, -0.1) is 0 Å². The van der Waals surface area contributed by atoms with Crippen molar-refractivity contribution in [3.63, 3.8) is 0 Å². The molecule has 6 heteroatoms. The lowest BCUT2D eigenvalue weighted by atomic mass is 10.1. The average molecular weight is 310 g/mol. The van der Waals surface area contributed by atoms with E-state index in [0.29, 0.717) is 29.2 Å². The molecule has 0 aliphatic carbocycles. The number of rotatable bonds is 5. The lowest BCUT2D eigenvalue weighted by Crippen LogP contribution is -2.12. The molecular weight excluding hydrogens is 288 g/mol. The second-order valence-electron chi connectivity index (χ2n) is 5.10. The summed E-state index contributed by atoms with van der Waals surface area (Å²) in [7, 11) is 4.81. The molecule has 0 bridgehead atoms. The van der Waals surface area contributed by atoms with Gasteiger partial charge in [-0.3, -0.25) is 4.99 Å². The predicted molar refractivity (Wildman–Crippen MR) is 88.2 cm³/mol. The van der Waals surface area contributed by atoms with Gasteiger partial charge in [0.05, 0.1) is 27.4 Å². The second-order valence-corrected chi connectivity index (χ2v) is 6.10. The Hall–Kier alpha value is -1.56. The summed E-state index contributed by atoms with van der Waals surface area (Å²) in [6.07, 6.45) is 0. The molecule has 0 aromatic heterocycles. The quantitative estimate of drug-likeness (QED) is 0.904. The molecule has 1 aliphatic heterocycles. The van der Waals surface area contributed by atoms with Crippen LogP contribution in [0.25, 0.3) is 0 Å². The van der Waals surface area contributed by atoms with E-state index in [9.17, 15) is 0 Å². The van der Waals surface area contributed by atoms with Crippen molar-refractivity contribution in [2.75, 3.05) is 32.4 Å². The molecule has 1 aromatic rings. The van der Waals surface area contributed by atoms with E-state index in [2.05, 4.69) is 19.2 Å². The molecule has 0 spiro atoms. The van der Waals surface area contributed by atoms with Gasteiger partial charge in [-0.25, -0.2) is 0 Å². The third kappa shape index (κ3) is 3.56. The van der Waals surface area contributed by atoms with Crippen LogP contribution in [0.4, 0.5) is 5.69 Å². The summed E-state index contributed by atoms with van der Waals surface area (Å²) >= 11 is 1.74. The highest BCUT2D eigenvalue weighted by Gasteiger charge is 2.22. The van der Waals surface area contributed by atoms with Gasteiger partial charge < -0.3 is 19.5 Å². The number of ether oxygens (including phenoxy) is 3. The Morgan fingerprint density at radius 2 is 1.76 bits per heavy atom. The topological polar surface area (TPSA) is 52.1 Å². The van der Waals surface area contributed by atoms with Gasteiger partial charge in [0.25, 0.3) is 0 Å². The molecule has 1 atom stereocenters. The number of aliphatic imine (C=N–C) groups is 1. The molecule has 0 radical (unpaired) electrons. The summed E-state index contributed by atoms with van der Waals surface area (Å²) in [5.41, 5.74) is 0.875. The molecule has 1 aromatic carbocycles. The first-order valence-corrected chi connectivity index (χ1v) is 7.85. The van der Waals surface area contributed by atoms with Crippen LogP contribution >= 0.6 is 11.8 Å². The number of nitrogens with zero attached hydrogens (tertiary/aromatic N) is 1. The normalized spacial score (nSPS) is 17.6. The number of amidine groups is 1. The lowest BCUT2D eigenvalue weighted by molar-refractivity contribution is 0.324. The maximum atomic E-state index is 5.35. The molecule has 2 rings (SSSR count). The number of benzene rings is 1. The van der Waals surface area contributed by atoms with E-state index in [1.165, 1.54) is 0 Å². The van der Waals surface area contributed by atoms with E-state index in [1.807, 2.05) is 12.1 Å². The van der Waals surface area contributed by atoms with E-state index in [4.69, 9.17) is 19.2 Å². The Kier molecular flexibility index (Phi) is 5.22. The van der Waals surface area contributed by atoms with Gasteiger partial charge in [-0.1, -0.05) is 25.6 Å². The Morgan fingerprint density at radius 3 is 2.19 bits per heavy atom. The molecule has 1 heterocycles. The summed E-state index contributed by atoms with van der Waals surface area (Å²) in [5.74, 6) is 3.42. The zero-order valence-corrected chi connectivity index (χ0v) is 13.9. The highest BCUT2D eigenvalue weighted by molar-refractivity contribution is 8.14. The highest BCUT2D eigenvalue weighted by atomic mass is 32.2. The van der Waals surface area contributed by atoms with Gasteiger partial charge in [0, 0.05) is 23.6 Å². The van der Waals surface area contributed by atoms with Gasteiger partial charge in [-0.05, 0) is 5.92 Å². The molecule has 5 nitrogen and oxygen atoms in total. The van der Waals surface area contributed by atoms with Gasteiger partial charge in [0.1, 0.15) is 0 Å². The number of hydrogen-bond donors (Lipinski definition) is 1. The van der Waals surface area contributed by atoms with Gasteiger partial charge in [-0.2, -0.15) is 0 Å². The molecule has 1 aliphatic rings. The molecule has 116 valence electrons. The lowest BCUT2D eigenvalue weighted by Gasteiger charge is -2.14. The fraction of sp³-hybridized carbons (Fsp3) is 0.533. The van der Waals surface area contributed by atoms with E-state index in [1.54, 1.807) is 33.1 Å². The zero-order valence-electron chi connectivity index (χ0n) is 13.1. The molecule has 1 N–H and O–H groups in total. The Labute approximate surface area is 130 Å². The summed E-state index contributed by atoms with van der Waals surface area (Å²) in [5, 5.41) is 4.26. The van der Waals surface area contributed by atoms with Crippen LogP contribution in [0.2, 0.25) is 0 Å². The first-order chi connectivity index (χ1) is 10.1. The van der Waals surface area contributed by atoms with Crippen LogP contribution in [-0.4, -0.2) is 38.3 Å². The van der Waals surface area contributed by atoms with Crippen LogP contribution in [0, 0.1) is 5.92 Å². The van der Waals surface area contributed by atoms with Crippen molar-refractivity contribution in [2.45, 2.75) is 19.9 Å². The van der Waals surface area contributed by atoms with Crippen molar-refractivity contribution < 1.29 is 14.2 Å². The van der Waals surface area contributed by atoms with Crippen LogP contribution in [0.3, 0.4) is 0 Å². The maximum Gasteiger partial charge on any atom is 0.203 e. The minimum atomic E-state index is 0.375. The Bertz CT molecular complexity index is 507. The third-order valence-electron chi connectivity index (χ3n) is 3.36. The maximum absolute atomic E-state index is 5.35. The summed E-state index contributed by atoms with van der Waals surface area (Å²) in [6, 6.07) is 4.14. The molecule has 1 unspecified atom stereocenters. The van der Waals surface area contributed by atoms with Crippen molar-refractivity contribution in [3.8, 4) is 17.2 Å². The third-order valence-corrected chi connectivity index (χ3v) is 4.35. The number of anilines is 1. The van der Waals surface area contributed by atoms with Crippen LogP contribution < -0.4 is 19.5 Å². The molecule has 0 saturated heterocycles. The molecular formula is C15H22N2O3S. The summed E-state index contributed by atoms with van der Waals surface area (Å²) in [4.78, 5) is 4.69. The Balaban J connectivity index is 2.23. The van der Waals surface area contributed by atoms with E-state index in [-0.39, 0.29) is 0 Å². The first-order valence-electron chi connectivity index (χ1n) is 6.86. The van der Waals surface area contributed by atoms with Crippen molar-refractivity contribution in [2.24, 2.45) is 10.9 Å². The van der Waals surface area contributed by atoms with Gasteiger partial charge in [0.15, 0.2) is 16.7 Å². The van der Waals surface area contributed by atoms with Crippen molar-refractivity contribution in [1.82, 2.24) is 0 Å².